The van der Waals surface area contributed by atoms with Crippen LogP contribution in [0.1, 0.15) is 35.4 Å². The second-order valence-electron chi connectivity index (χ2n) is 6.63. The quantitative estimate of drug-likeness (QED) is 0.553. The van der Waals surface area contributed by atoms with Crippen LogP contribution in [0, 0.1) is 0 Å². The number of benzene rings is 2. The summed E-state index contributed by atoms with van der Waals surface area (Å²) in [7, 11) is 0. The first-order chi connectivity index (χ1) is 12.6. The molecule has 6 heteroatoms. The van der Waals surface area contributed by atoms with Crippen molar-refractivity contribution in [1.82, 2.24) is 4.90 Å². The van der Waals surface area contributed by atoms with Crippen molar-refractivity contribution in [2.75, 3.05) is 13.1 Å². The van der Waals surface area contributed by atoms with E-state index in [-0.39, 0.29) is 29.8 Å². The number of carbonyl (C=O) groups excluding carboxylic acids is 1. The number of hydrogen-bond donors (Lipinski definition) is 3. The lowest BCUT2D eigenvalue weighted by atomic mass is 9.88. The van der Waals surface area contributed by atoms with Gasteiger partial charge < -0.3 is 20.8 Å². The molecule has 0 aromatic heterocycles. The van der Waals surface area contributed by atoms with E-state index in [0.717, 1.165) is 31.5 Å². The van der Waals surface area contributed by atoms with Gasteiger partial charge in [0.05, 0.1) is 0 Å². The molecule has 144 valence electrons. The Balaban J connectivity index is 0.00000261. The lowest BCUT2D eigenvalue weighted by Gasteiger charge is -2.31. The summed E-state index contributed by atoms with van der Waals surface area (Å²) in [6.45, 7) is 1.99. The monoisotopic (exact) mass is 388 g/mol. The number of piperidine rings is 1. The van der Waals surface area contributed by atoms with Gasteiger partial charge in [0, 0.05) is 25.7 Å². The van der Waals surface area contributed by atoms with Gasteiger partial charge in [-0.25, -0.2) is 0 Å². The number of rotatable bonds is 4. The van der Waals surface area contributed by atoms with Gasteiger partial charge in [0.1, 0.15) is 0 Å². The van der Waals surface area contributed by atoms with Crippen LogP contribution in [0.3, 0.4) is 0 Å². The molecule has 1 aliphatic rings. The number of amides is 1. The third-order valence-electron chi connectivity index (χ3n) is 4.88. The lowest BCUT2D eigenvalue weighted by Crippen LogP contribution is -2.36. The zero-order valence-electron chi connectivity index (χ0n) is 15.0. The molecule has 1 fully saturated rings. The Morgan fingerprint density at radius 1 is 1.11 bits per heavy atom. The molecule has 1 heterocycles. The Bertz CT molecular complexity index is 815. The van der Waals surface area contributed by atoms with E-state index in [0.29, 0.717) is 18.0 Å². The van der Waals surface area contributed by atoms with Gasteiger partial charge in [-0.2, -0.15) is 0 Å². The van der Waals surface area contributed by atoms with Crippen LogP contribution >= 0.6 is 12.4 Å². The molecule has 1 amide bonds. The van der Waals surface area contributed by atoms with E-state index in [1.54, 1.807) is 12.1 Å². The Labute approximate surface area is 165 Å². The Hall–Kier alpha value is -2.50. The summed E-state index contributed by atoms with van der Waals surface area (Å²) in [5, 5.41) is 18.8. The van der Waals surface area contributed by atoms with E-state index in [1.807, 2.05) is 17.0 Å². The highest BCUT2D eigenvalue weighted by atomic mass is 35.5. The minimum absolute atomic E-state index is 0. The number of hydrogen-bond acceptors (Lipinski definition) is 4. The average molecular weight is 389 g/mol. The third-order valence-corrected chi connectivity index (χ3v) is 4.88. The summed E-state index contributed by atoms with van der Waals surface area (Å²) in [5.74, 6) is 0.0599. The predicted molar refractivity (Wildman–Crippen MR) is 109 cm³/mol. The van der Waals surface area contributed by atoms with E-state index in [9.17, 15) is 15.0 Å². The molecule has 0 atom stereocenters. The molecule has 1 saturated heterocycles. The van der Waals surface area contributed by atoms with Crippen LogP contribution in [0.15, 0.2) is 48.5 Å². The Morgan fingerprint density at radius 2 is 1.85 bits per heavy atom. The van der Waals surface area contributed by atoms with Crippen molar-refractivity contribution in [1.29, 1.82) is 0 Å². The molecular weight excluding hydrogens is 364 g/mol. The molecule has 5 nitrogen and oxygen atoms in total. The number of aromatic hydroxyl groups is 2. The van der Waals surface area contributed by atoms with Gasteiger partial charge in [-0.05, 0) is 53.7 Å². The van der Waals surface area contributed by atoms with Gasteiger partial charge in [0.15, 0.2) is 11.5 Å². The molecule has 0 spiro atoms. The first-order valence-electron chi connectivity index (χ1n) is 8.84. The third kappa shape index (κ3) is 5.25. The molecule has 2 aromatic carbocycles. The standard InChI is InChI=1S/C21H24N2O3.ClH/c22-14-16-2-1-3-18(12-16)17-8-10-23(11-9-17)21(26)7-5-15-4-6-19(24)20(25)13-15;/h1-7,12-13,17,24-25H,8-11,14,22H2;1H/b7-5+;. The van der Waals surface area contributed by atoms with E-state index < -0.39 is 0 Å². The summed E-state index contributed by atoms with van der Waals surface area (Å²) in [6.07, 6.45) is 5.04. The number of phenolic OH excluding ortho intramolecular Hbond substituents is 2. The van der Waals surface area contributed by atoms with Gasteiger partial charge >= 0.3 is 0 Å². The van der Waals surface area contributed by atoms with E-state index in [2.05, 4.69) is 12.1 Å². The molecular formula is C21H25ClN2O3. The normalized spacial score (nSPS) is 14.9. The maximum atomic E-state index is 12.4. The molecule has 0 aliphatic carbocycles. The smallest absolute Gasteiger partial charge is 0.246 e. The van der Waals surface area contributed by atoms with Crippen molar-refractivity contribution < 1.29 is 15.0 Å². The number of nitrogens with two attached hydrogens (primary N) is 1. The van der Waals surface area contributed by atoms with Crippen molar-refractivity contribution in [3.63, 3.8) is 0 Å². The van der Waals surface area contributed by atoms with Gasteiger partial charge in [-0.15, -0.1) is 12.4 Å². The summed E-state index contributed by atoms with van der Waals surface area (Å²) < 4.78 is 0. The fraction of sp³-hybridized carbons (Fsp3) is 0.286. The Kier molecular flexibility index (Phi) is 7.28. The molecule has 3 rings (SSSR count). The second kappa shape index (κ2) is 9.44. The average Bonchev–Trinajstić information content (AvgIpc) is 2.69. The minimum atomic E-state index is -0.194. The maximum Gasteiger partial charge on any atom is 0.246 e. The Morgan fingerprint density at radius 3 is 2.52 bits per heavy atom. The minimum Gasteiger partial charge on any atom is -0.504 e. The molecule has 0 radical (unpaired) electrons. The van der Waals surface area contributed by atoms with E-state index >= 15 is 0 Å². The molecule has 0 saturated carbocycles. The number of likely N-dealkylation sites (tertiary alicyclic amines) is 1. The summed E-state index contributed by atoms with van der Waals surface area (Å²) >= 11 is 0. The fourth-order valence-corrected chi connectivity index (χ4v) is 3.32. The fourth-order valence-electron chi connectivity index (χ4n) is 3.32. The van der Waals surface area contributed by atoms with E-state index in [4.69, 9.17) is 5.73 Å². The van der Waals surface area contributed by atoms with Crippen molar-refractivity contribution >= 4 is 24.4 Å². The van der Waals surface area contributed by atoms with Crippen molar-refractivity contribution in [2.45, 2.75) is 25.3 Å². The second-order valence-corrected chi connectivity index (χ2v) is 6.63. The number of halogens is 1. The molecule has 2 aromatic rings. The predicted octanol–water partition coefficient (Wildman–Crippen LogP) is 3.40. The summed E-state index contributed by atoms with van der Waals surface area (Å²) in [4.78, 5) is 14.2. The molecule has 4 N–H and O–H groups in total. The lowest BCUT2D eigenvalue weighted by molar-refractivity contribution is -0.126. The van der Waals surface area contributed by atoms with Crippen molar-refractivity contribution in [3.05, 3.63) is 65.2 Å². The van der Waals surface area contributed by atoms with Crippen molar-refractivity contribution in [3.8, 4) is 11.5 Å². The molecule has 1 aliphatic heterocycles. The number of carbonyl (C=O) groups is 1. The molecule has 0 bridgehead atoms. The van der Waals surface area contributed by atoms with Crippen LogP contribution in [0.25, 0.3) is 6.08 Å². The van der Waals surface area contributed by atoms with Crippen molar-refractivity contribution in [2.24, 2.45) is 5.73 Å². The van der Waals surface area contributed by atoms with Gasteiger partial charge in [0.25, 0.3) is 0 Å². The zero-order valence-corrected chi connectivity index (χ0v) is 15.9. The molecule has 27 heavy (non-hydrogen) atoms. The highest BCUT2D eigenvalue weighted by Crippen LogP contribution is 2.29. The first kappa shape index (κ1) is 20.8. The van der Waals surface area contributed by atoms with Gasteiger partial charge in [-0.1, -0.05) is 30.3 Å². The highest BCUT2D eigenvalue weighted by molar-refractivity contribution is 5.92. The van der Waals surface area contributed by atoms with Crippen LogP contribution in [0.2, 0.25) is 0 Å². The van der Waals surface area contributed by atoms with Crippen LogP contribution in [0.4, 0.5) is 0 Å². The topological polar surface area (TPSA) is 86.8 Å². The van der Waals surface area contributed by atoms with Crippen LogP contribution in [-0.2, 0) is 11.3 Å². The number of nitrogens with zero attached hydrogens (tertiary/aromatic N) is 1. The summed E-state index contributed by atoms with van der Waals surface area (Å²) in [5.41, 5.74) is 8.83. The maximum absolute atomic E-state index is 12.4. The highest BCUT2D eigenvalue weighted by Gasteiger charge is 2.22. The van der Waals surface area contributed by atoms with Crippen LogP contribution in [0.5, 0.6) is 11.5 Å². The largest absolute Gasteiger partial charge is 0.504 e. The van der Waals surface area contributed by atoms with Crippen LogP contribution in [-0.4, -0.2) is 34.1 Å². The number of phenols is 2. The first-order valence-corrected chi connectivity index (χ1v) is 8.84. The zero-order chi connectivity index (χ0) is 18.5. The summed E-state index contributed by atoms with van der Waals surface area (Å²) in [6, 6.07) is 12.9. The SMILES string of the molecule is Cl.NCc1cccc(C2CCN(C(=O)/C=C/c3ccc(O)c(O)c3)CC2)c1. The van der Waals surface area contributed by atoms with Crippen LogP contribution < -0.4 is 5.73 Å². The van der Waals surface area contributed by atoms with Gasteiger partial charge in [-0.3, -0.25) is 4.79 Å². The van der Waals surface area contributed by atoms with E-state index in [1.165, 1.54) is 23.8 Å². The molecule has 0 unspecified atom stereocenters. The van der Waals surface area contributed by atoms with Gasteiger partial charge in [0.2, 0.25) is 5.91 Å².